The van der Waals surface area contributed by atoms with E-state index in [1.807, 2.05) is 0 Å². The number of methoxy groups -OCH3 is 1. The number of amides is 1. The Morgan fingerprint density at radius 2 is 2.28 bits per heavy atom. The van der Waals surface area contributed by atoms with E-state index in [9.17, 15) is 14.3 Å². The first-order valence-electron chi connectivity index (χ1n) is 9.43. The molecule has 1 aromatic carbocycles. The van der Waals surface area contributed by atoms with Crippen LogP contribution in [0.15, 0.2) is 29.3 Å². The summed E-state index contributed by atoms with van der Waals surface area (Å²) in [6.45, 7) is 0.836. The molecule has 2 aromatic rings. The van der Waals surface area contributed by atoms with E-state index in [1.165, 1.54) is 24.9 Å². The van der Waals surface area contributed by atoms with Gasteiger partial charge in [0.2, 0.25) is 0 Å². The third kappa shape index (κ3) is 3.69. The highest BCUT2D eigenvalue weighted by Crippen LogP contribution is 2.51. The number of piperidine rings is 2. The Labute approximate surface area is 176 Å². The monoisotopic (exact) mass is 439 g/mol. The van der Waals surface area contributed by atoms with Gasteiger partial charge in [-0.2, -0.15) is 8.75 Å². The number of rotatable bonds is 6. The lowest BCUT2D eigenvalue weighted by molar-refractivity contribution is -0.119. The summed E-state index contributed by atoms with van der Waals surface area (Å²) in [5, 5.41) is 11.6. The zero-order valence-electron chi connectivity index (χ0n) is 15.9. The number of nitrogens with zero attached hydrogens (tertiary/aromatic N) is 3. The Morgan fingerprint density at radius 1 is 1.45 bits per heavy atom. The maximum atomic E-state index is 13.7. The van der Waals surface area contributed by atoms with Gasteiger partial charge in [-0.25, -0.2) is 9.18 Å². The number of para-hydroxylation sites is 1. The normalized spacial score (nSPS) is 25.8. The highest BCUT2D eigenvalue weighted by atomic mass is 32.2. The molecule has 1 aliphatic carbocycles. The summed E-state index contributed by atoms with van der Waals surface area (Å²) in [5.41, 5.74) is -0.293. The molecule has 29 heavy (non-hydrogen) atoms. The summed E-state index contributed by atoms with van der Waals surface area (Å²) in [5.74, 6) is 0.604. The summed E-state index contributed by atoms with van der Waals surface area (Å²) in [6, 6.07) is 6.27. The fourth-order valence-corrected chi connectivity index (χ4v) is 5.88. The van der Waals surface area contributed by atoms with Gasteiger partial charge in [0.15, 0.2) is 11.6 Å². The Hall–Kier alpha value is -1.91. The van der Waals surface area contributed by atoms with Gasteiger partial charge in [-0.3, -0.25) is 4.90 Å². The van der Waals surface area contributed by atoms with Crippen LogP contribution in [0.4, 0.5) is 9.18 Å². The van der Waals surface area contributed by atoms with Crippen molar-refractivity contribution in [2.45, 2.75) is 35.9 Å². The molecule has 0 spiro atoms. The van der Waals surface area contributed by atoms with Gasteiger partial charge >= 0.3 is 6.09 Å². The summed E-state index contributed by atoms with van der Waals surface area (Å²) in [4.78, 5) is 14.1. The van der Waals surface area contributed by atoms with Crippen molar-refractivity contribution in [3.05, 3.63) is 35.8 Å². The number of hydrogen-bond donors (Lipinski definition) is 1. The number of ether oxygens (including phenoxy) is 2. The molecule has 1 saturated carbocycles. The number of thioether (sulfide) groups is 1. The number of halogens is 1. The van der Waals surface area contributed by atoms with Gasteiger partial charge in [0, 0.05) is 12.3 Å². The van der Waals surface area contributed by atoms with Crippen molar-refractivity contribution in [2.24, 2.45) is 5.92 Å². The van der Waals surface area contributed by atoms with E-state index in [4.69, 9.17) is 9.47 Å². The Kier molecular flexibility index (Phi) is 5.93. The number of benzene rings is 1. The average Bonchev–Trinajstić information content (AvgIpc) is 3.21. The van der Waals surface area contributed by atoms with Crippen molar-refractivity contribution in [2.75, 3.05) is 26.0 Å². The first-order valence-corrected chi connectivity index (χ1v) is 11.1. The van der Waals surface area contributed by atoms with Crippen LogP contribution in [0.1, 0.15) is 25.0 Å². The molecule has 156 valence electrons. The van der Waals surface area contributed by atoms with Gasteiger partial charge in [0.25, 0.3) is 0 Å². The van der Waals surface area contributed by atoms with Gasteiger partial charge in [-0.15, -0.1) is 0 Å². The van der Waals surface area contributed by atoms with Gasteiger partial charge < -0.3 is 14.6 Å². The average molecular weight is 440 g/mol. The van der Waals surface area contributed by atoms with Gasteiger partial charge in [0.05, 0.1) is 31.5 Å². The zero-order valence-corrected chi connectivity index (χ0v) is 17.5. The predicted octanol–water partition coefficient (Wildman–Crippen LogP) is 3.29. The molecule has 7 nitrogen and oxygen atoms in total. The van der Waals surface area contributed by atoms with Crippen LogP contribution in [-0.2, 0) is 10.3 Å². The highest BCUT2D eigenvalue weighted by Gasteiger charge is 2.58. The van der Waals surface area contributed by atoms with Gasteiger partial charge in [0.1, 0.15) is 16.3 Å². The van der Waals surface area contributed by atoms with Crippen LogP contribution in [0.25, 0.3) is 0 Å². The highest BCUT2D eigenvalue weighted by molar-refractivity contribution is 7.99. The third-order valence-corrected chi connectivity index (χ3v) is 7.22. The molecule has 2 aliphatic heterocycles. The van der Waals surface area contributed by atoms with Crippen molar-refractivity contribution in [1.29, 1.82) is 0 Å². The summed E-state index contributed by atoms with van der Waals surface area (Å²) >= 11 is 2.49. The lowest BCUT2D eigenvalue weighted by Gasteiger charge is -2.55. The maximum absolute atomic E-state index is 13.7. The standard InChI is InChI=1S/C19H22FN3O4S2/c1-26-18(25)23-11-12-6-7-19(23,15(24)10-12)16-17(22-29-21-16)28-9-8-27-14-5-3-2-4-13(14)20/h2-5,12,15,24H,6-11H2,1H3. The lowest BCUT2D eigenvalue weighted by atomic mass is 9.67. The van der Waals surface area contributed by atoms with E-state index in [-0.39, 0.29) is 11.7 Å². The van der Waals surface area contributed by atoms with Crippen molar-refractivity contribution in [3.63, 3.8) is 0 Å². The number of hydrogen-bond acceptors (Lipinski definition) is 8. The number of aromatic nitrogens is 2. The summed E-state index contributed by atoms with van der Waals surface area (Å²) in [7, 11) is 1.35. The molecule has 2 saturated heterocycles. The van der Waals surface area contributed by atoms with Crippen LogP contribution in [0.3, 0.4) is 0 Å². The second-order valence-electron chi connectivity index (χ2n) is 7.21. The SMILES string of the molecule is COC(=O)N1CC2CCC1(c1nsnc1SCCOc1ccccc1F)C(O)C2. The molecule has 3 heterocycles. The lowest BCUT2D eigenvalue weighted by Crippen LogP contribution is -2.65. The van der Waals surface area contributed by atoms with Crippen LogP contribution in [-0.4, -0.2) is 57.0 Å². The Bertz CT molecular complexity index is 883. The third-order valence-electron chi connectivity index (χ3n) is 5.64. The number of aliphatic hydroxyl groups excluding tert-OH is 1. The summed E-state index contributed by atoms with van der Waals surface area (Å²) < 4.78 is 33.0. The molecule has 1 N–H and O–H groups in total. The van der Waals surface area contributed by atoms with Crippen LogP contribution < -0.4 is 4.74 Å². The smallest absolute Gasteiger partial charge is 0.410 e. The molecule has 1 amide bonds. The van der Waals surface area contributed by atoms with Crippen LogP contribution >= 0.6 is 23.5 Å². The predicted molar refractivity (Wildman–Crippen MR) is 107 cm³/mol. The molecule has 3 fully saturated rings. The maximum Gasteiger partial charge on any atom is 0.410 e. The van der Waals surface area contributed by atoms with E-state index in [1.54, 1.807) is 23.1 Å². The van der Waals surface area contributed by atoms with E-state index in [2.05, 4.69) is 8.75 Å². The quantitative estimate of drug-likeness (QED) is 0.546. The second kappa shape index (κ2) is 8.45. The van der Waals surface area contributed by atoms with E-state index in [0.717, 1.165) is 18.1 Å². The Morgan fingerprint density at radius 3 is 3.03 bits per heavy atom. The molecule has 2 bridgehead atoms. The van der Waals surface area contributed by atoms with Crippen molar-refractivity contribution < 1.29 is 23.8 Å². The first kappa shape index (κ1) is 20.4. The molecule has 5 rings (SSSR count). The minimum atomic E-state index is -0.913. The molecule has 10 heteroatoms. The molecule has 3 aliphatic rings. The molecule has 0 radical (unpaired) electrons. The molecule has 3 atom stereocenters. The zero-order chi connectivity index (χ0) is 20.4. The fraction of sp³-hybridized carbons (Fsp3) is 0.526. The van der Waals surface area contributed by atoms with Crippen LogP contribution in [0, 0.1) is 11.7 Å². The van der Waals surface area contributed by atoms with Gasteiger partial charge in [-0.1, -0.05) is 23.9 Å². The summed E-state index contributed by atoms with van der Waals surface area (Å²) in [6.07, 6.45) is 1.000. The van der Waals surface area contributed by atoms with Crippen molar-refractivity contribution in [1.82, 2.24) is 13.6 Å². The number of aliphatic hydroxyl groups is 1. The molecular weight excluding hydrogens is 417 g/mol. The molecule has 1 aromatic heterocycles. The molecular formula is C19H22FN3O4S2. The van der Waals surface area contributed by atoms with E-state index < -0.39 is 23.6 Å². The van der Waals surface area contributed by atoms with E-state index in [0.29, 0.717) is 42.5 Å². The number of fused-ring (bicyclic) bond motifs is 3. The Balaban J connectivity index is 1.50. The molecule has 3 unspecified atom stereocenters. The van der Waals surface area contributed by atoms with Gasteiger partial charge in [-0.05, 0) is 37.3 Å². The largest absolute Gasteiger partial charge is 0.490 e. The minimum Gasteiger partial charge on any atom is -0.490 e. The topological polar surface area (TPSA) is 84.8 Å². The first-order chi connectivity index (χ1) is 14.1. The minimum absolute atomic E-state index is 0.209. The van der Waals surface area contributed by atoms with Crippen LogP contribution in [0.2, 0.25) is 0 Å². The fourth-order valence-electron chi connectivity index (χ4n) is 4.26. The second-order valence-corrected chi connectivity index (χ2v) is 8.82. The van der Waals surface area contributed by atoms with Crippen molar-refractivity contribution in [3.8, 4) is 5.75 Å². The van der Waals surface area contributed by atoms with Crippen LogP contribution in [0.5, 0.6) is 5.75 Å². The number of carbonyl (C=O) groups is 1. The van der Waals surface area contributed by atoms with E-state index >= 15 is 0 Å². The number of carbonyl (C=O) groups excluding carboxylic acids is 1. The van der Waals surface area contributed by atoms with Crippen molar-refractivity contribution >= 4 is 29.6 Å².